The maximum atomic E-state index is 14.6. The third kappa shape index (κ3) is 3.31. The highest BCUT2D eigenvalue weighted by molar-refractivity contribution is 6.11. The van der Waals surface area contributed by atoms with Crippen LogP contribution in [-0.4, -0.2) is 24.5 Å². The van der Waals surface area contributed by atoms with E-state index in [0.717, 1.165) is 30.2 Å². The molecule has 2 aliphatic rings. The molecule has 0 aromatic heterocycles. The molecule has 0 unspecified atom stereocenters. The first kappa shape index (κ1) is 22.3. The largest absolute Gasteiger partial charge is 0.465 e. The number of alkyl halides is 3. The molecule has 10 heteroatoms. The predicted octanol–water partition coefficient (Wildman–Crippen LogP) is 4.75. The lowest BCUT2D eigenvalue weighted by Crippen LogP contribution is -2.54. The number of hydrogen-bond acceptors (Lipinski definition) is 5. The SMILES string of the molecule is C=C1N(c2ccc(C#N)c(C(F)(F)F)c2)C(=O)C2(CCC2)N1c1ccc(C(=O)OC)c(F)c1. The summed E-state index contributed by atoms with van der Waals surface area (Å²) >= 11 is 0. The zero-order chi connectivity index (χ0) is 24.1. The number of halogens is 4. The van der Waals surface area contributed by atoms with Crippen molar-refractivity contribution in [2.24, 2.45) is 0 Å². The Morgan fingerprint density at radius 1 is 1.18 bits per heavy atom. The van der Waals surface area contributed by atoms with E-state index in [1.54, 1.807) is 0 Å². The number of amides is 1. The van der Waals surface area contributed by atoms with Crippen LogP contribution in [0, 0.1) is 17.1 Å². The fourth-order valence-electron chi connectivity index (χ4n) is 4.30. The van der Waals surface area contributed by atoms with Gasteiger partial charge in [-0.25, -0.2) is 9.18 Å². The molecule has 0 N–H and O–H groups in total. The normalized spacial score (nSPS) is 17.2. The van der Waals surface area contributed by atoms with Crippen LogP contribution in [0.5, 0.6) is 0 Å². The average molecular weight is 459 g/mol. The van der Waals surface area contributed by atoms with E-state index in [9.17, 15) is 27.2 Å². The molecule has 1 heterocycles. The van der Waals surface area contributed by atoms with E-state index in [0.29, 0.717) is 19.3 Å². The summed E-state index contributed by atoms with van der Waals surface area (Å²) in [5.41, 5.74) is -3.03. The van der Waals surface area contributed by atoms with Gasteiger partial charge in [0, 0.05) is 5.69 Å². The van der Waals surface area contributed by atoms with Crippen molar-refractivity contribution in [1.29, 1.82) is 5.26 Å². The molecule has 0 radical (unpaired) electrons. The lowest BCUT2D eigenvalue weighted by Gasteiger charge is -2.43. The number of nitriles is 1. The van der Waals surface area contributed by atoms with Crippen molar-refractivity contribution in [2.45, 2.75) is 31.0 Å². The topological polar surface area (TPSA) is 73.6 Å². The number of nitrogens with zero attached hydrogens (tertiary/aromatic N) is 3. The number of benzene rings is 2. The molecule has 0 atom stereocenters. The zero-order valence-electron chi connectivity index (χ0n) is 17.4. The molecular formula is C23H17F4N3O3. The van der Waals surface area contributed by atoms with Gasteiger partial charge in [-0.3, -0.25) is 9.69 Å². The Hall–Kier alpha value is -3.87. The monoisotopic (exact) mass is 459 g/mol. The molecule has 6 nitrogen and oxygen atoms in total. The fraction of sp³-hybridized carbons (Fsp3) is 0.261. The number of rotatable bonds is 3. The van der Waals surface area contributed by atoms with Crippen LogP contribution >= 0.6 is 0 Å². The van der Waals surface area contributed by atoms with Crippen LogP contribution in [0.3, 0.4) is 0 Å². The molecule has 1 saturated carbocycles. The van der Waals surface area contributed by atoms with Gasteiger partial charge in [0.05, 0.1) is 35.6 Å². The highest BCUT2D eigenvalue weighted by atomic mass is 19.4. The summed E-state index contributed by atoms with van der Waals surface area (Å²) in [5, 5.41) is 9.04. The van der Waals surface area contributed by atoms with Gasteiger partial charge in [0.25, 0.3) is 5.91 Å². The Morgan fingerprint density at radius 3 is 2.36 bits per heavy atom. The minimum Gasteiger partial charge on any atom is -0.465 e. The Kier molecular flexibility index (Phi) is 5.16. The first-order chi connectivity index (χ1) is 15.5. The van der Waals surface area contributed by atoms with Gasteiger partial charge in [-0.15, -0.1) is 0 Å². The molecule has 1 aliphatic carbocycles. The van der Waals surface area contributed by atoms with Crippen molar-refractivity contribution in [2.75, 3.05) is 16.9 Å². The summed E-state index contributed by atoms with van der Waals surface area (Å²) in [6.07, 6.45) is -3.33. The van der Waals surface area contributed by atoms with E-state index in [4.69, 9.17) is 5.26 Å². The zero-order valence-corrected chi connectivity index (χ0v) is 17.4. The summed E-state index contributed by atoms with van der Waals surface area (Å²) in [4.78, 5) is 27.7. The number of ether oxygens (including phenoxy) is 1. The van der Waals surface area contributed by atoms with Gasteiger partial charge in [0.1, 0.15) is 17.2 Å². The molecule has 4 rings (SSSR count). The average Bonchev–Trinajstić information content (AvgIpc) is 2.98. The standard InChI is InChI=1S/C23H17F4N3O3/c1-13-29(15-5-4-14(12-28)18(10-15)23(25,26)27)21(32)22(8-3-9-22)30(13)16-6-7-17(19(24)11-16)20(31)33-2/h4-7,10-11H,1,3,8-9H2,2H3. The van der Waals surface area contributed by atoms with E-state index >= 15 is 0 Å². The van der Waals surface area contributed by atoms with Crippen LogP contribution < -0.4 is 9.80 Å². The van der Waals surface area contributed by atoms with Crippen LogP contribution in [-0.2, 0) is 15.7 Å². The molecule has 2 aromatic rings. The minimum atomic E-state index is -4.80. The molecule has 1 spiro atoms. The molecule has 1 aliphatic heterocycles. The quantitative estimate of drug-likeness (QED) is 0.489. The lowest BCUT2D eigenvalue weighted by atomic mass is 9.75. The van der Waals surface area contributed by atoms with E-state index < -0.39 is 40.5 Å². The summed E-state index contributed by atoms with van der Waals surface area (Å²) < 4.78 is 59.6. The maximum absolute atomic E-state index is 14.6. The number of anilines is 2. The molecule has 2 aromatic carbocycles. The Labute approximate surface area is 186 Å². The molecule has 2 fully saturated rings. The van der Waals surface area contributed by atoms with Crippen molar-refractivity contribution in [1.82, 2.24) is 0 Å². The second-order valence-corrected chi connectivity index (χ2v) is 7.77. The molecule has 0 bridgehead atoms. The van der Waals surface area contributed by atoms with Crippen LogP contribution in [0.1, 0.15) is 40.7 Å². The van der Waals surface area contributed by atoms with Gasteiger partial charge >= 0.3 is 12.1 Å². The van der Waals surface area contributed by atoms with Crippen molar-refractivity contribution in [3.05, 3.63) is 71.3 Å². The number of esters is 1. The number of carbonyl (C=O) groups excluding carboxylic acids is 2. The predicted molar refractivity (Wildman–Crippen MR) is 110 cm³/mol. The Morgan fingerprint density at radius 2 is 1.85 bits per heavy atom. The molecular weight excluding hydrogens is 442 g/mol. The van der Waals surface area contributed by atoms with Gasteiger partial charge in [-0.2, -0.15) is 18.4 Å². The Bertz CT molecular complexity index is 1230. The van der Waals surface area contributed by atoms with Crippen molar-refractivity contribution in [3.63, 3.8) is 0 Å². The third-order valence-electron chi connectivity index (χ3n) is 6.03. The Balaban J connectivity index is 1.80. The van der Waals surface area contributed by atoms with Gasteiger partial charge < -0.3 is 9.64 Å². The van der Waals surface area contributed by atoms with Crippen molar-refractivity contribution < 1.29 is 31.9 Å². The van der Waals surface area contributed by atoms with Crippen LogP contribution in [0.25, 0.3) is 0 Å². The summed E-state index contributed by atoms with van der Waals surface area (Å²) in [5.74, 6) is -2.19. The van der Waals surface area contributed by atoms with E-state index in [1.807, 2.05) is 0 Å². The number of hydrogen-bond donors (Lipinski definition) is 0. The van der Waals surface area contributed by atoms with Gasteiger partial charge in [-0.05, 0) is 55.7 Å². The third-order valence-corrected chi connectivity index (χ3v) is 6.03. The minimum absolute atomic E-state index is 0.0442. The number of methoxy groups -OCH3 is 1. The lowest BCUT2D eigenvalue weighted by molar-refractivity contribution is -0.137. The number of carbonyl (C=O) groups is 2. The second-order valence-electron chi connectivity index (χ2n) is 7.77. The fourth-order valence-corrected chi connectivity index (χ4v) is 4.30. The molecule has 170 valence electrons. The highest BCUT2D eigenvalue weighted by Crippen LogP contribution is 2.51. The van der Waals surface area contributed by atoms with Crippen LogP contribution in [0.2, 0.25) is 0 Å². The smallest absolute Gasteiger partial charge is 0.417 e. The first-order valence-corrected chi connectivity index (χ1v) is 9.88. The molecule has 1 amide bonds. The van der Waals surface area contributed by atoms with Crippen molar-refractivity contribution >= 4 is 23.3 Å². The highest BCUT2D eigenvalue weighted by Gasteiger charge is 2.59. The van der Waals surface area contributed by atoms with Gasteiger partial charge in [-0.1, -0.05) is 6.58 Å². The van der Waals surface area contributed by atoms with Crippen LogP contribution in [0.15, 0.2) is 48.8 Å². The molecule has 33 heavy (non-hydrogen) atoms. The summed E-state index contributed by atoms with van der Waals surface area (Å²) in [6.45, 7) is 3.91. The second kappa shape index (κ2) is 7.62. The van der Waals surface area contributed by atoms with E-state index in [2.05, 4.69) is 11.3 Å². The van der Waals surface area contributed by atoms with Gasteiger partial charge in [0.15, 0.2) is 0 Å². The summed E-state index contributed by atoms with van der Waals surface area (Å²) in [6, 6.07) is 8.19. The van der Waals surface area contributed by atoms with Crippen molar-refractivity contribution in [3.8, 4) is 6.07 Å². The van der Waals surface area contributed by atoms with Gasteiger partial charge in [0.2, 0.25) is 0 Å². The first-order valence-electron chi connectivity index (χ1n) is 9.88. The van der Waals surface area contributed by atoms with E-state index in [-0.39, 0.29) is 22.8 Å². The maximum Gasteiger partial charge on any atom is 0.417 e. The van der Waals surface area contributed by atoms with Crippen LogP contribution in [0.4, 0.5) is 28.9 Å². The summed E-state index contributed by atoms with van der Waals surface area (Å²) in [7, 11) is 1.12. The molecule has 1 saturated heterocycles. The van der Waals surface area contributed by atoms with E-state index in [1.165, 1.54) is 29.2 Å².